The molecule has 1 unspecified atom stereocenters. The molecule has 4 nitrogen and oxygen atoms in total. The van der Waals surface area contributed by atoms with Crippen molar-refractivity contribution in [1.82, 2.24) is 5.32 Å². The van der Waals surface area contributed by atoms with Gasteiger partial charge in [0.25, 0.3) is 0 Å². The second-order valence-electron chi connectivity index (χ2n) is 4.34. The maximum atomic E-state index is 12.5. The SMILES string of the molecule is CCNCC(C)S(=O)(=O)Nc1cccc(C(F)(F)F)c1. The van der Waals surface area contributed by atoms with E-state index in [9.17, 15) is 21.6 Å². The van der Waals surface area contributed by atoms with E-state index in [4.69, 9.17) is 0 Å². The van der Waals surface area contributed by atoms with Gasteiger partial charge in [0.05, 0.1) is 10.8 Å². The van der Waals surface area contributed by atoms with E-state index in [0.29, 0.717) is 6.54 Å². The highest BCUT2D eigenvalue weighted by molar-refractivity contribution is 7.93. The number of halogens is 3. The lowest BCUT2D eigenvalue weighted by Gasteiger charge is -2.16. The van der Waals surface area contributed by atoms with Crippen LogP contribution in [0.25, 0.3) is 0 Å². The van der Waals surface area contributed by atoms with E-state index in [0.717, 1.165) is 18.2 Å². The number of nitrogens with one attached hydrogen (secondary N) is 2. The van der Waals surface area contributed by atoms with Gasteiger partial charge in [0.15, 0.2) is 0 Å². The van der Waals surface area contributed by atoms with E-state index in [-0.39, 0.29) is 12.2 Å². The third kappa shape index (κ3) is 4.68. The zero-order valence-corrected chi connectivity index (χ0v) is 12.0. The van der Waals surface area contributed by atoms with Gasteiger partial charge in [0.1, 0.15) is 0 Å². The molecule has 114 valence electrons. The molecular formula is C12H17F3N2O2S. The summed E-state index contributed by atoms with van der Waals surface area (Å²) >= 11 is 0. The summed E-state index contributed by atoms with van der Waals surface area (Å²) in [5, 5.41) is 2.12. The molecular weight excluding hydrogens is 293 g/mol. The van der Waals surface area contributed by atoms with Gasteiger partial charge in [-0.05, 0) is 31.7 Å². The number of benzene rings is 1. The number of rotatable bonds is 6. The molecule has 0 aliphatic carbocycles. The number of anilines is 1. The van der Waals surface area contributed by atoms with Gasteiger partial charge in [-0.1, -0.05) is 13.0 Å². The first kappa shape index (κ1) is 16.8. The van der Waals surface area contributed by atoms with E-state index in [1.165, 1.54) is 13.0 Å². The maximum absolute atomic E-state index is 12.5. The predicted molar refractivity (Wildman–Crippen MR) is 72.0 cm³/mol. The third-order valence-electron chi connectivity index (χ3n) is 2.66. The number of sulfonamides is 1. The summed E-state index contributed by atoms with van der Waals surface area (Å²) in [6.07, 6.45) is -4.50. The first-order valence-electron chi connectivity index (χ1n) is 6.06. The Balaban J connectivity index is 2.87. The number of hydrogen-bond donors (Lipinski definition) is 2. The largest absolute Gasteiger partial charge is 0.416 e. The summed E-state index contributed by atoms with van der Waals surface area (Å²) < 4.78 is 63.7. The number of hydrogen-bond acceptors (Lipinski definition) is 3. The molecule has 1 aromatic rings. The van der Waals surface area contributed by atoms with E-state index >= 15 is 0 Å². The van der Waals surface area contributed by atoms with Crippen LogP contribution in [0.1, 0.15) is 19.4 Å². The summed E-state index contributed by atoms with van der Waals surface area (Å²) in [4.78, 5) is 0. The minimum absolute atomic E-state index is 0.0943. The van der Waals surface area contributed by atoms with Crippen LogP contribution in [0.2, 0.25) is 0 Å². The Kier molecular flexibility index (Phi) is 5.41. The fourth-order valence-electron chi connectivity index (χ4n) is 1.48. The zero-order valence-electron chi connectivity index (χ0n) is 11.2. The van der Waals surface area contributed by atoms with Crippen molar-refractivity contribution < 1.29 is 21.6 Å². The van der Waals surface area contributed by atoms with E-state index < -0.39 is 27.0 Å². The Morgan fingerprint density at radius 2 is 1.95 bits per heavy atom. The Hall–Kier alpha value is -1.28. The minimum Gasteiger partial charge on any atom is -0.316 e. The van der Waals surface area contributed by atoms with Crippen molar-refractivity contribution in [1.29, 1.82) is 0 Å². The van der Waals surface area contributed by atoms with Crippen LogP contribution in [-0.4, -0.2) is 26.8 Å². The summed E-state index contributed by atoms with van der Waals surface area (Å²) in [6.45, 7) is 4.16. The molecule has 0 aromatic heterocycles. The van der Waals surface area contributed by atoms with Gasteiger partial charge < -0.3 is 5.32 Å². The highest BCUT2D eigenvalue weighted by Crippen LogP contribution is 2.30. The highest BCUT2D eigenvalue weighted by atomic mass is 32.2. The minimum atomic E-state index is -4.50. The van der Waals surface area contributed by atoms with E-state index in [1.54, 1.807) is 0 Å². The molecule has 0 spiro atoms. The smallest absolute Gasteiger partial charge is 0.316 e. The Morgan fingerprint density at radius 1 is 1.30 bits per heavy atom. The van der Waals surface area contributed by atoms with Crippen LogP contribution in [0.15, 0.2) is 24.3 Å². The molecule has 0 saturated heterocycles. The van der Waals surface area contributed by atoms with Gasteiger partial charge in [0, 0.05) is 12.2 Å². The standard InChI is InChI=1S/C12H17F3N2O2S/c1-3-16-8-9(2)20(18,19)17-11-6-4-5-10(7-11)12(13,14)15/h4-7,9,16-17H,3,8H2,1-2H3. The lowest BCUT2D eigenvalue weighted by molar-refractivity contribution is -0.137. The normalized spacial score (nSPS) is 14.1. The van der Waals surface area contributed by atoms with Crippen molar-refractivity contribution in [2.75, 3.05) is 17.8 Å². The second kappa shape index (κ2) is 6.45. The molecule has 1 rings (SSSR count). The lowest BCUT2D eigenvalue weighted by Crippen LogP contribution is -2.34. The molecule has 2 N–H and O–H groups in total. The van der Waals surface area contributed by atoms with Crippen molar-refractivity contribution in [2.45, 2.75) is 25.3 Å². The lowest BCUT2D eigenvalue weighted by atomic mass is 10.2. The molecule has 0 radical (unpaired) electrons. The van der Waals surface area contributed by atoms with Crippen molar-refractivity contribution in [2.24, 2.45) is 0 Å². The van der Waals surface area contributed by atoms with Crippen molar-refractivity contribution in [3.05, 3.63) is 29.8 Å². The van der Waals surface area contributed by atoms with Crippen LogP contribution in [-0.2, 0) is 16.2 Å². The van der Waals surface area contributed by atoms with E-state index in [2.05, 4.69) is 10.0 Å². The molecule has 0 aliphatic heterocycles. The number of alkyl halides is 3. The van der Waals surface area contributed by atoms with Gasteiger partial charge in [-0.2, -0.15) is 13.2 Å². The first-order valence-corrected chi connectivity index (χ1v) is 7.61. The molecule has 0 fully saturated rings. The van der Waals surface area contributed by atoms with Crippen LogP contribution in [0.4, 0.5) is 18.9 Å². The maximum Gasteiger partial charge on any atom is 0.416 e. The van der Waals surface area contributed by atoms with Crippen LogP contribution >= 0.6 is 0 Å². The van der Waals surface area contributed by atoms with E-state index in [1.807, 2.05) is 6.92 Å². The summed E-state index contributed by atoms with van der Waals surface area (Å²) in [5.41, 5.74) is -0.986. The molecule has 0 heterocycles. The van der Waals surface area contributed by atoms with Gasteiger partial charge in [-0.25, -0.2) is 8.42 Å². The topological polar surface area (TPSA) is 58.2 Å². The van der Waals surface area contributed by atoms with Crippen molar-refractivity contribution >= 4 is 15.7 Å². The second-order valence-corrected chi connectivity index (χ2v) is 6.44. The highest BCUT2D eigenvalue weighted by Gasteiger charge is 2.31. The average Bonchev–Trinajstić information content (AvgIpc) is 2.34. The van der Waals surface area contributed by atoms with Crippen LogP contribution in [0.5, 0.6) is 0 Å². The van der Waals surface area contributed by atoms with Crippen LogP contribution in [0.3, 0.4) is 0 Å². The Labute approximate surface area is 116 Å². The molecule has 1 aromatic carbocycles. The van der Waals surface area contributed by atoms with Crippen molar-refractivity contribution in [3.8, 4) is 0 Å². The van der Waals surface area contributed by atoms with Gasteiger partial charge in [0.2, 0.25) is 10.0 Å². The zero-order chi connectivity index (χ0) is 15.4. The summed E-state index contributed by atoms with van der Waals surface area (Å²) in [7, 11) is -3.73. The fourth-order valence-corrected chi connectivity index (χ4v) is 2.48. The Bertz CT molecular complexity index is 544. The molecule has 0 amide bonds. The quantitative estimate of drug-likeness (QED) is 0.848. The van der Waals surface area contributed by atoms with Gasteiger partial charge in [-0.3, -0.25) is 4.72 Å². The van der Waals surface area contributed by atoms with Crippen LogP contribution in [0, 0.1) is 0 Å². The molecule has 20 heavy (non-hydrogen) atoms. The predicted octanol–water partition coefficient (Wildman–Crippen LogP) is 2.45. The van der Waals surface area contributed by atoms with Gasteiger partial charge >= 0.3 is 6.18 Å². The average molecular weight is 310 g/mol. The molecule has 8 heteroatoms. The summed E-state index contributed by atoms with van der Waals surface area (Å²) in [6, 6.07) is 4.11. The molecule has 0 bridgehead atoms. The monoisotopic (exact) mass is 310 g/mol. The molecule has 0 saturated carbocycles. The molecule has 1 atom stereocenters. The van der Waals surface area contributed by atoms with Crippen molar-refractivity contribution in [3.63, 3.8) is 0 Å². The summed E-state index contributed by atoms with van der Waals surface area (Å²) in [5.74, 6) is 0. The first-order chi connectivity index (χ1) is 9.16. The van der Waals surface area contributed by atoms with Gasteiger partial charge in [-0.15, -0.1) is 0 Å². The fraction of sp³-hybridized carbons (Fsp3) is 0.500. The Morgan fingerprint density at radius 3 is 2.50 bits per heavy atom. The van der Waals surface area contributed by atoms with Crippen LogP contribution < -0.4 is 10.0 Å². The molecule has 0 aliphatic rings. The third-order valence-corrected chi connectivity index (χ3v) is 4.41.